The van der Waals surface area contributed by atoms with Gasteiger partial charge in [-0.2, -0.15) is 4.98 Å². The molecule has 0 radical (unpaired) electrons. The molecule has 1 aliphatic rings. The van der Waals surface area contributed by atoms with Gasteiger partial charge in [0.2, 0.25) is 23.4 Å². The highest BCUT2D eigenvalue weighted by molar-refractivity contribution is 5.99. The van der Waals surface area contributed by atoms with Gasteiger partial charge in [-0.25, -0.2) is 0 Å². The molecule has 1 aromatic heterocycles. The molecule has 176 valence electrons. The molecule has 10 nitrogen and oxygen atoms in total. The number of Topliss-reactive ketones (excluding diaryl/α,β-unsaturated/α-hetero) is 1. The molecule has 1 amide bonds. The molecule has 1 unspecified atom stereocenters. The number of aromatic nitrogens is 2. The van der Waals surface area contributed by atoms with Gasteiger partial charge in [0.15, 0.2) is 0 Å². The summed E-state index contributed by atoms with van der Waals surface area (Å²) < 4.78 is 21.0. The van der Waals surface area contributed by atoms with Crippen molar-refractivity contribution >= 4 is 11.7 Å². The Bertz CT molecular complexity index is 733. The van der Waals surface area contributed by atoms with E-state index in [-0.39, 0.29) is 24.1 Å². The van der Waals surface area contributed by atoms with Crippen LogP contribution in [0.25, 0.3) is 0 Å². The number of amides is 1. The lowest BCUT2D eigenvalue weighted by molar-refractivity contribution is -0.130. The number of carbonyl (C=O) groups is 2. The van der Waals surface area contributed by atoms with Crippen molar-refractivity contribution in [3.8, 4) is 0 Å². The number of ketones is 1. The maximum atomic E-state index is 13.0. The molecule has 0 bridgehead atoms. The smallest absolute Gasteiger partial charge is 0.240 e. The second-order valence-electron chi connectivity index (χ2n) is 9.13. The van der Waals surface area contributed by atoms with Crippen LogP contribution in [0.15, 0.2) is 4.52 Å². The number of methoxy groups -OCH3 is 2. The van der Waals surface area contributed by atoms with Crippen LogP contribution in [0.1, 0.15) is 57.0 Å². The van der Waals surface area contributed by atoms with E-state index in [0.29, 0.717) is 45.3 Å². The van der Waals surface area contributed by atoms with Crippen LogP contribution in [0.5, 0.6) is 0 Å². The maximum Gasteiger partial charge on any atom is 0.240 e. The molecule has 1 atom stereocenters. The fourth-order valence-corrected chi connectivity index (χ4v) is 3.44. The number of likely N-dealkylation sites (tertiary alicyclic amines) is 1. The Labute approximate surface area is 184 Å². The minimum Gasteiger partial charge on any atom is -0.384 e. The van der Waals surface area contributed by atoms with Gasteiger partial charge in [-0.1, -0.05) is 5.16 Å². The van der Waals surface area contributed by atoms with Crippen molar-refractivity contribution < 1.29 is 28.3 Å². The molecule has 0 spiro atoms. The van der Waals surface area contributed by atoms with Gasteiger partial charge in [-0.3, -0.25) is 9.59 Å². The van der Waals surface area contributed by atoms with E-state index in [1.54, 1.807) is 19.1 Å². The van der Waals surface area contributed by atoms with Crippen molar-refractivity contribution in [1.29, 1.82) is 0 Å². The summed E-state index contributed by atoms with van der Waals surface area (Å²) in [6.45, 7) is 10.2. The quantitative estimate of drug-likeness (QED) is 0.357. The summed E-state index contributed by atoms with van der Waals surface area (Å²) >= 11 is 0. The lowest BCUT2D eigenvalue weighted by atomic mass is 9.95. The van der Waals surface area contributed by atoms with Gasteiger partial charge in [0.25, 0.3) is 0 Å². The first-order chi connectivity index (χ1) is 14.6. The Kier molecular flexibility index (Phi) is 9.11. The van der Waals surface area contributed by atoms with Gasteiger partial charge in [-0.15, -0.1) is 0 Å². The topological polar surface area (TPSA) is 116 Å². The molecule has 0 aromatic carbocycles. The highest BCUT2D eigenvalue weighted by Crippen LogP contribution is 2.24. The minimum absolute atomic E-state index is 0.00344. The monoisotopic (exact) mass is 440 g/mol. The van der Waals surface area contributed by atoms with E-state index in [0.717, 1.165) is 6.42 Å². The van der Waals surface area contributed by atoms with Crippen LogP contribution in [0, 0.1) is 0 Å². The van der Waals surface area contributed by atoms with Gasteiger partial charge in [0.1, 0.15) is 0 Å². The zero-order chi connectivity index (χ0) is 23.1. The van der Waals surface area contributed by atoms with Gasteiger partial charge < -0.3 is 29.0 Å². The molecule has 0 saturated carbocycles. The number of nitrogens with zero attached hydrogens (tertiary/aromatic N) is 3. The molecule has 1 saturated heterocycles. The van der Waals surface area contributed by atoms with Gasteiger partial charge in [0, 0.05) is 26.3 Å². The molecule has 1 aromatic rings. The zero-order valence-electron chi connectivity index (χ0n) is 19.5. The Morgan fingerprint density at radius 1 is 1.16 bits per heavy atom. The molecule has 2 heterocycles. The standard InChI is InChI=1S/C21H36N4O6/c1-20(2,13-29-6)19-23-18(24-31-19)17(27)15-8-7-9-25(15)16(26)12-22-21(3,4)14-30-11-10-28-5/h15,22H,7-14H2,1-6H3. The van der Waals surface area contributed by atoms with E-state index in [1.165, 1.54) is 0 Å². The highest BCUT2D eigenvalue weighted by atomic mass is 16.5. The van der Waals surface area contributed by atoms with E-state index >= 15 is 0 Å². The lowest BCUT2D eigenvalue weighted by Gasteiger charge is -2.28. The van der Waals surface area contributed by atoms with Crippen LogP contribution in [0.4, 0.5) is 0 Å². The molecule has 2 rings (SSSR count). The Balaban J connectivity index is 1.95. The predicted molar refractivity (Wildman–Crippen MR) is 113 cm³/mol. The van der Waals surface area contributed by atoms with Crippen LogP contribution < -0.4 is 5.32 Å². The summed E-state index contributed by atoms with van der Waals surface area (Å²) in [4.78, 5) is 31.7. The predicted octanol–water partition coefficient (Wildman–Crippen LogP) is 1.20. The average Bonchev–Trinajstić information content (AvgIpc) is 3.39. The van der Waals surface area contributed by atoms with Crippen molar-refractivity contribution in [1.82, 2.24) is 20.4 Å². The molecular formula is C21H36N4O6. The summed E-state index contributed by atoms with van der Waals surface area (Å²) in [5, 5.41) is 7.08. The maximum absolute atomic E-state index is 13.0. The lowest BCUT2D eigenvalue weighted by Crippen LogP contribution is -2.51. The van der Waals surface area contributed by atoms with Gasteiger partial charge in [-0.05, 0) is 40.5 Å². The number of rotatable bonds is 13. The first kappa shape index (κ1) is 25.4. The molecule has 1 fully saturated rings. The Morgan fingerprint density at radius 2 is 1.90 bits per heavy atom. The van der Waals surface area contributed by atoms with Crippen LogP contribution >= 0.6 is 0 Å². The van der Waals surface area contributed by atoms with Gasteiger partial charge in [0.05, 0.1) is 44.4 Å². The second kappa shape index (κ2) is 11.1. The van der Waals surface area contributed by atoms with Crippen LogP contribution in [-0.2, 0) is 24.4 Å². The third-order valence-corrected chi connectivity index (χ3v) is 5.22. The summed E-state index contributed by atoms with van der Waals surface area (Å²) in [5.74, 6) is -0.0883. The fourth-order valence-electron chi connectivity index (χ4n) is 3.44. The number of nitrogens with one attached hydrogen (secondary N) is 1. The molecule has 1 aliphatic heterocycles. The molecule has 1 N–H and O–H groups in total. The Morgan fingerprint density at radius 3 is 2.58 bits per heavy atom. The summed E-state index contributed by atoms with van der Waals surface area (Å²) in [7, 11) is 3.21. The normalized spacial score (nSPS) is 17.4. The molecular weight excluding hydrogens is 404 g/mol. The van der Waals surface area contributed by atoms with E-state index < -0.39 is 17.0 Å². The molecule has 10 heteroatoms. The van der Waals surface area contributed by atoms with Crippen LogP contribution in [0.3, 0.4) is 0 Å². The first-order valence-electron chi connectivity index (χ1n) is 10.6. The van der Waals surface area contributed by atoms with Crippen molar-refractivity contribution in [2.75, 3.05) is 53.7 Å². The zero-order valence-corrected chi connectivity index (χ0v) is 19.5. The SMILES string of the molecule is COCCOCC(C)(C)NCC(=O)N1CCCC1C(=O)c1noc(C(C)(C)COC)n1. The van der Waals surface area contributed by atoms with Crippen molar-refractivity contribution in [3.63, 3.8) is 0 Å². The highest BCUT2D eigenvalue weighted by Gasteiger charge is 2.38. The average molecular weight is 441 g/mol. The largest absolute Gasteiger partial charge is 0.384 e. The van der Waals surface area contributed by atoms with E-state index in [9.17, 15) is 9.59 Å². The third-order valence-electron chi connectivity index (χ3n) is 5.22. The number of ether oxygens (including phenoxy) is 3. The summed E-state index contributed by atoms with van der Waals surface area (Å²) in [6, 6.07) is -0.577. The van der Waals surface area contributed by atoms with E-state index in [2.05, 4.69) is 15.5 Å². The van der Waals surface area contributed by atoms with Crippen LogP contribution in [-0.4, -0.2) is 92.0 Å². The van der Waals surface area contributed by atoms with Crippen LogP contribution in [0.2, 0.25) is 0 Å². The Hall–Kier alpha value is -1.88. The van der Waals surface area contributed by atoms with Gasteiger partial charge >= 0.3 is 0 Å². The molecule has 31 heavy (non-hydrogen) atoms. The number of carbonyl (C=O) groups excluding carboxylic acids is 2. The van der Waals surface area contributed by atoms with E-state index in [4.69, 9.17) is 18.7 Å². The number of hydrogen-bond acceptors (Lipinski definition) is 9. The van der Waals surface area contributed by atoms with Crippen molar-refractivity contribution in [2.45, 2.75) is 57.5 Å². The summed E-state index contributed by atoms with van der Waals surface area (Å²) in [5.41, 5.74) is -0.898. The second-order valence-corrected chi connectivity index (χ2v) is 9.13. The van der Waals surface area contributed by atoms with E-state index in [1.807, 2.05) is 27.7 Å². The fraction of sp³-hybridized carbons (Fsp3) is 0.810. The van der Waals surface area contributed by atoms with Crippen molar-refractivity contribution in [2.24, 2.45) is 0 Å². The first-order valence-corrected chi connectivity index (χ1v) is 10.6. The molecule has 0 aliphatic carbocycles. The minimum atomic E-state index is -0.577. The third kappa shape index (κ3) is 7.06. The number of hydrogen-bond donors (Lipinski definition) is 1. The van der Waals surface area contributed by atoms with Crippen molar-refractivity contribution in [3.05, 3.63) is 11.7 Å². The summed E-state index contributed by atoms with van der Waals surface area (Å²) in [6.07, 6.45) is 1.34.